The second kappa shape index (κ2) is 7.14. The van der Waals surface area contributed by atoms with Crippen molar-refractivity contribution in [3.63, 3.8) is 0 Å². The van der Waals surface area contributed by atoms with Gasteiger partial charge in [-0.05, 0) is 19.1 Å². The van der Waals surface area contributed by atoms with Gasteiger partial charge in [-0.15, -0.1) is 0 Å². The van der Waals surface area contributed by atoms with Gasteiger partial charge in [-0.3, -0.25) is 14.8 Å². The number of aromatic amines is 1. The summed E-state index contributed by atoms with van der Waals surface area (Å²) < 4.78 is 0. The van der Waals surface area contributed by atoms with E-state index in [1.807, 2.05) is 55.5 Å². The summed E-state index contributed by atoms with van der Waals surface area (Å²) in [5, 5.41) is 10.7. The van der Waals surface area contributed by atoms with Crippen LogP contribution in [0.3, 0.4) is 0 Å². The number of nitrogens with zero attached hydrogens (tertiary/aromatic N) is 2. The molecule has 26 heavy (non-hydrogen) atoms. The first kappa shape index (κ1) is 16.5. The van der Waals surface area contributed by atoms with Crippen LogP contribution in [0.4, 0.5) is 5.69 Å². The third-order valence-electron chi connectivity index (χ3n) is 4.98. The summed E-state index contributed by atoms with van der Waals surface area (Å²) in [5.41, 5.74) is 5.29. The Hall–Kier alpha value is -2.92. The monoisotopic (exact) mass is 346 g/mol. The van der Waals surface area contributed by atoms with Crippen LogP contribution in [0.25, 0.3) is 11.3 Å². The van der Waals surface area contributed by atoms with Gasteiger partial charge in [0.25, 0.3) is 0 Å². The maximum Gasteiger partial charge on any atom is 0.241 e. The number of hydrogen-bond donors (Lipinski definition) is 2. The van der Waals surface area contributed by atoms with E-state index in [0.717, 1.165) is 36.5 Å². The Morgan fingerprint density at radius 1 is 1.12 bits per heavy atom. The Bertz CT molecular complexity index is 889. The molecule has 1 aliphatic rings. The van der Waals surface area contributed by atoms with Gasteiger partial charge in [-0.2, -0.15) is 5.10 Å². The highest BCUT2D eigenvalue weighted by atomic mass is 16.2. The van der Waals surface area contributed by atoms with Crippen LogP contribution in [0.5, 0.6) is 0 Å². The topological polar surface area (TPSA) is 61.0 Å². The van der Waals surface area contributed by atoms with Gasteiger partial charge in [0, 0.05) is 42.0 Å². The summed E-state index contributed by atoms with van der Waals surface area (Å²) >= 11 is 0. The molecule has 2 aromatic carbocycles. The first-order valence-electron chi connectivity index (χ1n) is 8.94. The smallest absolute Gasteiger partial charge is 0.241 e. The second-order valence-corrected chi connectivity index (χ2v) is 6.65. The molecular weight excluding hydrogens is 324 g/mol. The minimum atomic E-state index is -0.207. The number of aromatic nitrogens is 2. The van der Waals surface area contributed by atoms with E-state index in [1.165, 1.54) is 11.3 Å². The molecule has 0 saturated heterocycles. The summed E-state index contributed by atoms with van der Waals surface area (Å²) in [6.07, 6.45) is 0.873. The number of rotatable bonds is 4. The van der Waals surface area contributed by atoms with E-state index in [9.17, 15) is 4.79 Å². The lowest BCUT2D eigenvalue weighted by Gasteiger charge is -2.31. The van der Waals surface area contributed by atoms with Gasteiger partial charge >= 0.3 is 0 Å². The number of hydrogen-bond acceptors (Lipinski definition) is 3. The molecule has 0 bridgehead atoms. The lowest BCUT2D eigenvalue weighted by molar-refractivity contribution is -0.121. The van der Waals surface area contributed by atoms with Crippen molar-refractivity contribution in [2.45, 2.75) is 25.9 Å². The number of carbonyl (C=O) groups is 1. The molecule has 0 aliphatic carbocycles. The molecule has 2 N–H and O–H groups in total. The minimum absolute atomic E-state index is 0.0180. The molecule has 5 heteroatoms. The lowest BCUT2D eigenvalue weighted by Crippen LogP contribution is -2.44. The van der Waals surface area contributed by atoms with E-state index in [4.69, 9.17) is 0 Å². The minimum Gasteiger partial charge on any atom is -0.325 e. The summed E-state index contributed by atoms with van der Waals surface area (Å²) in [6, 6.07) is 19.6. The Kier molecular flexibility index (Phi) is 4.54. The highest BCUT2D eigenvalue weighted by Gasteiger charge is 2.28. The number of benzene rings is 2. The van der Waals surface area contributed by atoms with Crippen molar-refractivity contribution >= 4 is 11.6 Å². The number of para-hydroxylation sites is 1. The van der Waals surface area contributed by atoms with Crippen LogP contribution in [0.15, 0.2) is 60.7 Å². The van der Waals surface area contributed by atoms with Gasteiger partial charge in [0.2, 0.25) is 5.91 Å². The van der Waals surface area contributed by atoms with Crippen LogP contribution >= 0.6 is 0 Å². The van der Waals surface area contributed by atoms with Gasteiger partial charge < -0.3 is 5.32 Å². The van der Waals surface area contributed by atoms with Crippen molar-refractivity contribution in [3.8, 4) is 11.3 Å². The van der Waals surface area contributed by atoms with Crippen molar-refractivity contribution in [2.75, 3.05) is 11.9 Å². The molecule has 0 unspecified atom stereocenters. The van der Waals surface area contributed by atoms with E-state index in [1.54, 1.807) is 0 Å². The van der Waals surface area contributed by atoms with Gasteiger partial charge in [0.1, 0.15) is 0 Å². The fourth-order valence-corrected chi connectivity index (χ4v) is 3.42. The summed E-state index contributed by atoms with van der Waals surface area (Å²) in [6.45, 7) is 3.53. The SMILES string of the molecule is C[C@H](C(=O)Nc1ccccc1)N1CCc2[nH]nc(-c3ccccc3)c2C1. The van der Waals surface area contributed by atoms with E-state index >= 15 is 0 Å². The standard InChI is InChI=1S/C21H22N4O/c1-15(21(26)22-17-10-6-3-7-11-17)25-13-12-19-18(14-25)20(24-23-19)16-8-4-2-5-9-16/h2-11,15H,12-14H2,1H3,(H,22,26)(H,23,24)/t15-/m1/s1. The maximum absolute atomic E-state index is 12.6. The molecule has 0 radical (unpaired) electrons. The summed E-state index contributed by atoms with van der Waals surface area (Å²) in [4.78, 5) is 14.9. The largest absolute Gasteiger partial charge is 0.325 e. The Morgan fingerprint density at radius 3 is 2.54 bits per heavy atom. The molecule has 3 aromatic rings. The van der Waals surface area contributed by atoms with Gasteiger partial charge in [-0.25, -0.2) is 0 Å². The normalized spacial score (nSPS) is 15.3. The third-order valence-corrected chi connectivity index (χ3v) is 4.98. The van der Waals surface area contributed by atoms with Gasteiger partial charge in [0.15, 0.2) is 0 Å². The Labute approximate surface area is 153 Å². The number of H-pyrrole nitrogens is 1. The van der Waals surface area contributed by atoms with E-state index in [2.05, 4.69) is 32.5 Å². The number of carbonyl (C=O) groups excluding carboxylic acids is 1. The molecule has 132 valence electrons. The molecular formula is C21H22N4O. The van der Waals surface area contributed by atoms with E-state index in [0.29, 0.717) is 0 Å². The highest BCUT2D eigenvalue weighted by molar-refractivity contribution is 5.94. The zero-order chi connectivity index (χ0) is 17.9. The Morgan fingerprint density at radius 2 is 1.81 bits per heavy atom. The highest BCUT2D eigenvalue weighted by Crippen LogP contribution is 2.29. The first-order chi connectivity index (χ1) is 12.7. The second-order valence-electron chi connectivity index (χ2n) is 6.65. The van der Waals surface area contributed by atoms with Crippen molar-refractivity contribution in [1.29, 1.82) is 0 Å². The molecule has 1 amide bonds. The molecule has 1 atom stereocenters. The average Bonchev–Trinajstić information content (AvgIpc) is 3.12. The van der Waals surface area contributed by atoms with Crippen LogP contribution in [0.1, 0.15) is 18.2 Å². The molecule has 5 nitrogen and oxygen atoms in total. The van der Waals surface area contributed by atoms with Crippen molar-refractivity contribution in [1.82, 2.24) is 15.1 Å². The molecule has 1 aliphatic heterocycles. The quantitative estimate of drug-likeness (QED) is 0.760. The van der Waals surface area contributed by atoms with Crippen LogP contribution < -0.4 is 5.32 Å². The lowest BCUT2D eigenvalue weighted by atomic mass is 10.00. The summed E-state index contributed by atoms with van der Waals surface area (Å²) in [7, 11) is 0. The third kappa shape index (κ3) is 3.26. The van der Waals surface area contributed by atoms with Crippen LogP contribution in [0, 0.1) is 0 Å². The fraction of sp³-hybridized carbons (Fsp3) is 0.238. The predicted molar refractivity (Wildman–Crippen MR) is 103 cm³/mol. The predicted octanol–water partition coefficient (Wildman–Crippen LogP) is 3.46. The van der Waals surface area contributed by atoms with E-state index < -0.39 is 0 Å². The number of anilines is 1. The summed E-state index contributed by atoms with van der Waals surface area (Å²) in [5.74, 6) is 0.0180. The van der Waals surface area contributed by atoms with Crippen LogP contribution in [-0.2, 0) is 17.8 Å². The van der Waals surface area contributed by atoms with Crippen LogP contribution in [-0.4, -0.2) is 33.6 Å². The van der Waals surface area contributed by atoms with Gasteiger partial charge in [-0.1, -0.05) is 48.5 Å². The number of fused-ring (bicyclic) bond motifs is 1. The zero-order valence-electron chi connectivity index (χ0n) is 14.8. The first-order valence-corrected chi connectivity index (χ1v) is 8.94. The maximum atomic E-state index is 12.6. The average molecular weight is 346 g/mol. The molecule has 1 aromatic heterocycles. The fourth-order valence-electron chi connectivity index (χ4n) is 3.42. The molecule has 0 fully saturated rings. The number of amides is 1. The molecule has 0 saturated carbocycles. The number of nitrogens with one attached hydrogen (secondary N) is 2. The van der Waals surface area contributed by atoms with Crippen molar-refractivity contribution in [3.05, 3.63) is 71.9 Å². The molecule has 4 rings (SSSR count). The Balaban J connectivity index is 1.51. The van der Waals surface area contributed by atoms with Crippen molar-refractivity contribution < 1.29 is 4.79 Å². The zero-order valence-corrected chi connectivity index (χ0v) is 14.8. The van der Waals surface area contributed by atoms with Gasteiger partial charge in [0.05, 0.1) is 11.7 Å². The molecule has 0 spiro atoms. The molecule has 2 heterocycles. The van der Waals surface area contributed by atoms with E-state index in [-0.39, 0.29) is 11.9 Å². The van der Waals surface area contributed by atoms with Crippen molar-refractivity contribution in [2.24, 2.45) is 0 Å². The van der Waals surface area contributed by atoms with Crippen LogP contribution in [0.2, 0.25) is 0 Å².